The van der Waals surface area contributed by atoms with Gasteiger partial charge in [0.2, 0.25) is 0 Å². The van der Waals surface area contributed by atoms with Gasteiger partial charge in [-0.15, -0.1) is 11.6 Å². The van der Waals surface area contributed by atoms with Crippen molar-refractivity contribution >= 4 is 17.6 Å². The van der Waals surface area contributed by atoms with Crippen LogP contribution < -0.4 is 0 Å². The van der Waals surface area contributed by atoms with Gasteiger partial charge in [0.15, 0.2) is 0 Å². The highest BCUT2D eigenvalue weighted by atomic mass is 35.5. The second-order valence-electron chi connectivity index (χ2n) is 3.15. The lowest BCUT2D eigenvalue weighted by atomic mass is 9.97. The number of hydrogen-bond acceptors (Lipinski definition) is 2. The third-order valence-electron chi connectivity index (χ3n) is 1.32. The lowest BCUT2D eigenvalue weighted by Crippen LogP contribution is -2.28. The lowest BCUT2D eigenvalue weighted by Gasteiger charge is -2.18. The molecular formula is C8H15ClO2. The summed E-state index contributed by atoms with van der Waals surface area (Å²) in [6.07, 6.45) is 0.851. The second kappa shape index (κ2) is 4.60. The van der Waals surface area contributed by atoms with E-state index in [1.165, 1.54) is 0 Å². The highest BCUT2D eigenvalue weighted by Crippen LogP contribution is 2.18. The molecule has 0 aliphatic rings. The molecule has 0 heterocycles. The van der Waals surface area contributed by atoms with E-state index in [0.717, 1.165) is 6.42 Å². The molecule has 66 valence electrons. The number of carbonyl (C=O) groups excluding carboxylic acids is 1. The zero-order chi connectivity index (χ0) is 8.91. The maximum atomic E-state index is 11.1. The Morgan fingerprint density at radius 2 is 2.09 bits per heavy atom. The van der Waals surface area contributed by atoms with Crippen LogP contribution in [0.3, 0.4) is 0 Å². The SMILES string of the molecule is CCCOC(=O)C(C)(C)CCl. The first kappa shape index (κ1) is 10.8. The van der Waals surface area contributed by atoms with Gasteiger partial charge in [-0.1, -0.05) is 6.92 Å². The standard InChI is InChI=1S/C8H15ClO2/c1-4-5-11-7(10)8(2,3)6-9/h4-6H2,1-3H3. The molecule has 0 aliphatic carbocycles. The van der Waals surface area contributed by atoms with Crippen LogP contribution in [0.1, 0.15) is 27.2 Å². The van der Waals surface area contributed by atoms with E-state index < -0.39 is 5.41 Å². The van der Waals surface area contributed by atoms with Gasteiger partial charge in [-0.05, 0) is 20.3 Å². The van der Waals surface area contributed by atoms with Crippen LogP contribution in [0.4, 0.5) is 0 Å². The Balaban J connectivity index is 3.82. The predicted octanol–water partition coefficient (Wildman–Crippen LogP) is 2.20. The van der Waals surface area contributed by atoms with Crippen molar-refractivity contribution in [3.63, 3.8) is 0 Å². The zero-order valence-corrected chi connectivity index (χ0v) is 8.07. The first-order valence-electron chi connectivity index (χ1n) is 3.77. The van der Waals surface area contributed by atoms with Crippen molar-refractivity contribution in [2.75, 3.05) is 12.5 Å². The fourth-order valence-corrected chi connectivity index (χ4v) is 0.554. The molecule has 0 unspecified atom stereocenters. The average Bonchev–Trinajstić information content (AvgIpc) is 2.00. The van der Waals surface area contributed by atoms with Gasteiger partial charge in [0.05, 0.1) is 12.0 Å². The van der Waals surface area contributed by atoms with Gasteiger partial charge < -0.3 is 4.74 Å². The van der Waals surface area contributed by atoms with E-state index in [4.69, 9.17) is 16.3 Å². The number of rotatable bonds is 4. The molecule has 0 aliphatic heterocycles. The molecule has 0 radical (unpaired) electrons. The number of esters is 1. The van der Waals surface area contributed by atoms with Crippen molar-refractivity contribution in [1.29, 1.82) is 0 Å². The monoisotopic (exact) mass is 178 g/mol. The van der Waals surface area contributed by atoms with Gasteiger partial charge in [0, 0.05) is 5.88 Å². The predicted molar refractivity (Wildman–Crippen MR) is 45.8 cm³/mol. The Kier molecular flexibility index (Phi) is 4.50. The van der Waals surface area contributed by atoms with E-state index in [0.29, 0.717) is 12.5 Å². The third-order valence-corrected chi connectivity index (χ3v) is 1.99. The Morgan fingerprint density at radius 1 is 1.55 bits per heavy atom. The van der Waals surface area contributed by atoms with Crippen LogP contribution in [0.2, 0.25) is 0 Å². The molecule has 0 spiro atoms. The smallest absolute Gasteiger partial charge is 0.312 e. The molecule has 0 aromatic rings. The number of ether oxygens (including phenoxy) is 1. The van der Waals surface area contributed by atoms with E-state index in [-0.39, 0.29) is 5.97 Å². The first-order valence-corrected chi connectivity index (χ1v) is 4.31. The summed E-state index contributed by atoms with van der Waals surface area (Å²) in [5.74, 6) is 0.0876. The third kappa shape index (κ3) is 3.61. The lowest BCUT2D eigenvalue weighted by molar-refractivity contribution is -0.152. The largest absolute Gasteiger partial charge is 0.465 e. The Morgan fingerprint density at radius 3 is 2.45 bits per heavy atom. The molecule has 0 amide bonds. The van der Waals surface area contributed by atoms with Gasteiger partial charge in [0.1, 0.15) is 0 Å². The van der Waals surface area contributed by atoms with E-state index in [9.17, 15) is 4.79 Å². The zero-order valence-electron chi connectivity index (χ0n) is 7.32. The molecule has 2 nitrogen and oxygen atoms in total. The van der Waals surface area contributed by atoms with Crippen molar-refractivity contribution in [2.45, 2.75) is 27.2 Å². The van der Waals surface area contributed by atoms with Gasteiger partial charge >= 0.3 is 5.97 Å². The Bertz CT molecular complexity index is 132. The summed E-state index contributed by atoms with van der Waals surface area (Å²) in [6.45, 7) is 6.00. The summed E-state index contributed by atoms with van der Waals surface area (Å²) in [5.41, 5.74) is -0.545. The van der Waals surface area contributed by atoms with E-state index in [2.05, 4.69) is 0 Å². The molecule has 0 rings (SSSR count). The molecule has 11 heavy (non-hydrogen) atoms. The quantitative estimate of drug-likeness (QED) is 0.488. The summed E-state index contributed by atoms with van der Waals surface area (Å²) in [6, 6.07) is 0. The van der Waals surface area contributed by atoms with E-state index in [1.54, 1.807) is 13.8 Å². The molecule has 0 atom stereocenters. The van der Waals surface area contributed by atoms with Crippen molar-refractivity contribution in [1.82, 2.24) is 0 Å². The van der Waals surface area contributed by atoms with Crippen molar-refractivity contribution in [2.24, 2.45) is 5.41 Å². The van der Waals surface area contributed by atoms with Crippen LogP contribution in [-0.4, -0.2) is 18.5 Å². The summed E-state index contributed by atoms with van der Waals surface area (Å²) < 4.78 is 4.92. The van der Waals surface area contributed by atoms with Crippen LogP contribution >= 0.6 is 11.6 Å². The maximum absolute atomic E-state index is 11.1. The fourth-order valence-electron chi connectivity index (χ4n) is 0.445. The number of carbonyl (C=O) groups is 1. The number of hydrogen-bond donors (Lipinski definition) is 0. The molecule has 0 aromatic heterocycles. The number of halogens is 1. The fraction of sp³-hybridized carbons (Fsp3) is 0.875. The minimum atomic E-state index is -0.545. The minimum Gasteiger partial charge on any atom is -0.465 e. The van der Waals surface area contributed by atoms with E-state index in [1.807, 2.05) is 6.92 Å². The second-order valence-corrected chi connectivity index (χ2v) is 3.42. The summed E-state index contributed by atoms with van der Waals surface area (Å²) in [4.78, 5) is 11.1. The normalized spacial score (nSPS) is 11.3. The molecule has 0 N–H and O–H groups in total. The maximum Gasteiger partial charge on any atom is 0.312 e. The van der Waals surface area contributed by atoms with Gasteiger partial charge in [-0.2, -0.15) is 0 Å². The van der Waals surface area contributed by atoms with Crippen LogP contribution in [0.25, 0.3) is 0 Å². The summed E-state index contributed by atoms with van der Waals surface area (Å²) >= 11 is 5.57. The molecular weight excluding hydrogens is 164 g/mol. The molecule has 0 saturated heterocycles. The molecule has 0 saturated carbocycles. The average molecular weight is 179 g/mol. The molecule has 0 bridgehead atoms. The van der Waals surface area contributed by atoms with Gasteiger partial charge in [-0.25, -0.2) is 0 Å². The van der Waals surface area contributed by atoms with Crippen molar-refractivity contribution in [3.8, 4) is 0 Å². The highest BCUT2D eigenvalue weighted by Gasteiger charge is 2.27. The van der Waals surface area contributed by atoms with Crippen LogP contribution in [0.5, 0.6) is 0 Å². The van der Waals surface area contributed by atoms with Crippen molar-refractivity contribution in [3.05, 3.63) is 0 Å². The van der Waals surface area contributed by atoms with E-state index >= 15 is 0 Å². The van der Waals surface area contributed by atoms with Crippen molar-refractivity contribution < 1.29 is 9.53 Å². The molecule has 0 fully saturated rings. The Labute approximate surface area is 72.9 Å². The highest BCUT2D eigenvalue weighted by molar-refractivity contribution is 6.19. The Hall–Kier alpha value is -0.240. The summed E-state index contributed by atoms with van der Waals surface area (Å²) in [5, 5.41) is 0. The number of alkyl halides is 1. The van der Waals surface area contributed by atoms with Gasteiger partial charge in [0.25, 0.3) is 0 Å². The topological polar surface area (TPSA) is 26.3 Å². The minimum absolute atomic E-state index is 0.214. The first-order chi connectivity index (χ1) is 5.04. The van der Waals surface area contributed by atoms with Crippen LogP contribution in [0.15, 0.2) is 0 Å². The van der Waals surface area contributed by atoms with Crippen LogP contribution in [-0.2, 0) is 9.53 Å². The van der Waals surface area contributed by atoms with Gasteiger partial charge in [-0.3, -0.25) is 4.79 Å². The molecule has 0 aromatic carbocycles. The summed E-state index contributed by atoms with van der Waals surface area (Å²) in [7, 11) is 0. The molecule has 3 heteroatoms. The van der Waals surface area contributed by atoms with Crippen LogP contribution in [0, 0.1) is 5.41 Å².